The van der Waals surface area contributed by atoms with Crippen molar-refractivity contribution in [2.45, 2.75) is 77.0 Å². The van der Waals surface area contributed by atoms with Gasteiger partial charge in [0, 0.05) is 12.3 Å². The quantitative estimate of drug-likeness (QED) is 0.692. The van der Waals surface area contributed by atoms with Gasteiger partial charge in [-0.1, -0.05) is 57.7 Å². The zero-order chi connectivity index (χ0) is 13.7. The number of hydrogen-bond donors (Lipinski definition) is 1. The van der Waals surface area contributed by atoms with Crippen molar-refractivity contribution in [3.05, 3.63) is 0 Å². The molecule has 2 unspecified atom stereocenters. The minimum absolute atomic E-state index is 0.237. The summed E-state index contributed by atoms with van der Waals surface area (Å²) in [6.45, 7) is 5.50. The average molecular weight is 284 g/mol. The summed E-state index contributed by atoms with van der Waals surface area (Å²) < 4.78 is 0. The van der Waals surface area contributed by atoms with E-state index in [0.29, 0.717) is 0 Å². The van der Waals surface area contributed by atoms with Gasteiger partial charge in [0.2, 0.25) is 0 Å². The molecule has 19 heavy (non-hydrogen) atoms. The molecule has 2 aliphatic heterocycles. The largest absolute Gasteiger partial charge is 0.367 e. The van der Waals surface area contributed by atoms with Gasteiger partial charge in [0.1, 0.15) is 0 Å². The van der Waals surface area contributed by atoms with Gasteiger partial charge in [-0.05, 0) is 19.3 Å². The first-order chi connectivity index (χ1) is 9.21. The summed E-state index contributed by atoms with van der Waals surface area (Å²) in [6, 6.07) is 0.237. The Morgan fingerprint density at radius 2 is 2.00 bits per heavy atom. The third-order valence-electron chi connectivity index (χ3n) is 4.24. The number of nitrogens with zero attached hydrogens (tertiary/aromatic N) is 2. The van der Waals surface area contributed by atoms with Gasteiger partial charge in [0.25, 0.3) is 0 Å². The van der Waals surface area contributed by atoms with Crippen LogP contribution in [0.1, 0.15) is 65.2 Å². The summed E-state index contributed by atoms with van der Waals surface area (Å²) in [4.78, 5) is 7.04. The van der Waals surface area contributed by atoms with Gasteiger partial charge in [-0.25, -0.2) is 4.99 Å². The Kier molecular flexibility index (Phi) is 5.58. The zero-order valence-corrected chi connectivity index (χ0v) is 13.2. The number of unbranched alkanes of at least 4 members (excludes halogenated alkanes) is 4. The van der Waals surface area contributed by atoms with E-state index in [9.17, 15) is 5.11 Å². The van der Waals surface area contributed by atoms with Crippen molar-refractivity contribution in [2.24, 2.45) is 4.99 Å². The Morgan fingerprint density at radius 1 is 1.26 bits per heavy atom. The summed E-state index contributed by atoms with van der Waals surface area (Å²) in [5.41, 5.74) is -0.800. The summed E-state index contributed by atoms with van der Waals surface area (Å²) in [5.74, 6) is 1.13. The fourth-order valence-electron chi connectivity index (χ4n) is 3.12. The number of hydrogen-bond acceptors (Lipinski definition) is 4. The van der Waals surface area contributed by atoms with Crippen molar-refractivity contribution in [1.82, 2.24) is 4.90 Å². The van der Waals surface area contributed by atoms with Crippen LogP contribution in [0.15, 0.2) is 4.99 Å². The van der Waals surface area contributed by atoms with E-state index in [0.717, 1.165) is 36.7 Å². The third kappa shape index (κ3) is 3.46. The van der Waals surface area contributed by atoms with E-state index in [1.807, 2.05) is 11.8 Å². The van der Waals surface area contributed by atoms with Crippen LogP contribution in [0.4, 0.5) is 0 Å². The molecule has 2 aliphatic rings. The van der Waals surface area contributed by atoms with Gasteiger partial charge in [0.15, 0.2) is 10.9 Å². The van der Waals surface area contributed by atoms with Crippen molar-refractivity contribution in [3.8, 4) is 0 Å². The standard InChI is InChI=1S/C15H28N2OS/c1-3-5-7-9-13-15(18,10-8-6-4-2)16-14-17(13)11-12-19-14/h13,18H,3-12H2,1-2H3. The lowest BCUT2D eigenvalue weighted by Gasteiger charge is -2.32. The van der Waals surface area contributed by atoms with E-state index in [4.69, 9.17) is 0 Å². The van der Waals surface area contributed by atoms with Crippen LogP contribution >= 0.6 is 11.8 Å². The molecule has 1 N–H and O–H groups in total. The lowest BCUT2D eigenvalue weighted by Crippen LogP contribution is -2.46. The highest BCUT2D eigenvalue weighted by Crippen LogP contribution is 2.39. The predicted octanol–water partition coefficient (Wildman–Crippen LogP) is 3.62. The van der Waals surface area contributed by atoms with Crippen LogP contribution in [-0.2, 0) is 0 Å². The Bertz CT molecular complexity index is 321. The minimum atomic E-state index is -0.800. The summed E-state index contributed by atoms with van der Waals surface area (Å²) >= 11 is 1.81. The number of fused-ring (bicyclic) bond motifs is 1. The third-order valence-corrected chi connectivity index (χ3v) is 5.21. The molecule has 2 atom stereocenters. The molecule has 0 aromatic heterocycles. The number of thioether (sulfide) groups is 1. The number of amidine groups is 1. The van der Waals surface area contributed by atoms with Crippen molar-refractivity contribution in [3.63, 3.8) is 0 Å². The topological polar surface area (TPSA) is 35.8 Å². The maximum absolute atomic E-state index is 10.9. The molecule has 0 saturated carbocycles. The van der Waals surface area contributed by atoms with Crippen LogP contribution in [0.25, 0.3) is 0 Å². The molecule has 0 amide bonds. The molecule has 2 rings (SSSR count). The van der Waals surface area contributed by atoms with Crippen LogP contribution < -0.4 is 0 Å². The zero-order valence-electron chi connectivity index (χ0n) is 12.4. The van der Waals surface area contributed by atoms with Crippen LogP contribution in [0.5, 0.6) is 0 Å². The predicted molar refractivity (Wildman–Crippen MR) is 83.6 cm³/mol. The normalized spacial score (nSPS) is 29.7. The van der Waals surface area contributed by atoms with Crippen LogP contribution in [0.3, 0.4) is 0 Å². The molecular weight excluding hydrogens is 256 g/mol. The second kappa shape index (κ2) is 6.98. The maximum atomic E-state index is 10.9. The number of aliphatic imine (C=N–C) groups is 1. The Morgan fingerprint density at radius 3 is 2.74 bits per heavy atom. The smallest absolute Gasteiger partial charge is 0.179 e. The van der Waals surface area contributed by atoms with E-state index < -0.39 is 5.72 Å². The molecule has 0 radical (unpaired) electrons. The Labute approximate surface area is 121 Å². The minimum Gasteiger partial charge on any atom is -0.367 e. The van der Waals surface area contributed by atoms with E-state index >= 15 is 0 Å². The molecule has 0 aromatic rings. The van der Waals surface area contributed by atoms with E-state index in [1.165, 1.54) is 32.1 Å². The fourth-order valence-corrected chi connectivity index (χ4v) is 4.20. The van der Waals surface area contributed by atoms with Gasteiger partial charge in [-0.15, -0.1) is 0 Å². The first-order valence-corrected chi connectivity index (χ1v) is 8.91. The second-order valence-corrected chi connectivity index (χ2v) is 6.85. The summed E-state index contributed by atoms with van der Waals surface area (Å²) in [6.07, 6.45) is 9.12. The van der Waals surface area contributed by atoms with Crippen molar-refractivity contribution >= 4 is 16.9 Å². The lowest BCUT2D eigenvalue weighted by atomic mass is 9.93. The highest BCUT2D eigenvalue weighted by atomic mass is 32.2. The first-order valence-electron chi connectivity index (χ1n) is 7.93. The molecule has 0 aromatic carbocycles. The van der Waals surface area contributed by atoms with Crippen LogP contribution in [-0.4, -0.2) is 39.2 Å². The van der Waals surface area contributed by atoms with Gasteiger partial charge in [0.05, 0.1) is 6.04 Å². The second-order valence-electron chi connectivity index (χ2n) is 5.78. The molecule has 3 nitrogen and oxygen atoms in total. The summed E-state index contributed by atoms with van der Waals surface area (Å²) in [5, 5.41) is 12.0. The molecular formula is C15H28N2OS. The average Bonchev–Trinajstić information content (AvgIpc) is 2.91. The van der Waals surface area contributed by atoms with Crippen molar-refractivity contribution < 1.29 is 5.11 Å². The van der Waals surface area contributed by atoms with Gasteiger partial charge in [-0.2, -0.15) is 0 Å². The Hall–Kier alpha value is -0.220. The summed E-state index contributed by atoms with van der Waals surface area (Å²) in [7, 11) is 0. The molecule has 2 heterocycles. The highest BCUT2D eigenvalue weighted by Gasteiger charge is 2.48. The number of aliphatic hydroxyl groups is 1. The van der Waals surface area contributed by atoms with Crippen molar-refractivity contribution in [1.29, 1.82) is 0 Å². The van der Waals surface area contributed by atoms with Gasteiger partial charge >= 0.3 is 0 Å². The lowest BCUT2D eigenvalue weighted by molar-refractivity contribution is -0.0133. The molecule has 1 saturated heterocycles. The number of rotatable bonds is 8. The Balaban J connectivity index is 1.98. The van der Waals surface area contributed by atoms with Crippen LogP contribution in [0, 0.1) is 0 Å². The van der Waals surface area contributed by atoms with Gasteiger partial charge in [-0.3, -0.25) is 0 Å². The molecule has 1 fully saturated rings. The SMILES string of the molecule is CCCCCC1N2CCSC2=NC1(O)CCCCC. The van der Waals surface area contributed by atoms with Crippen molar-refractivity contribution in [2.75, 3.05) is 12.3 Å². The first kappa shape index (κ1) is 15.2. The molecule has 0 spiro atoms. The molecule has 0 bridgehead atoms. The molecule has 0 aliphatic carbocycles. The molecule has 110 valence electrons. The van der Waals surface area contributed by atoms with E-state index in [-0.39, 0.29) is 6.04 Å². The fraction of sp³-hybridized carbons (Fsp3) is 0.933. The van der Waals surface area contributed by atoms with Gasteiger partial charge < -0.3 is 10.0 Å². The molecule has 4 heteroatoms. The van der Waals surface area contributed by atoms with Crippen LogP contribution in [0.2, 0.25) is 0 Å². The van der Waals surface area contributed by atoms with E-state index in [1.54, 1.807) is 0 Å². The monoisotopic (exact) mass is 284 g/mol. The maximum Gasteiger partial charge on any atom is 0.179 e. The van der Waals surface area contributed by atoms with E-state index in [2.05, 4.69) is 23.7 Å². The highest BCUT2D eigenvalue weighted by molar-refractivity contribution is 8.14.